The maximum absolute atomic E-state index is 11.8. The predicted octanol–water partition coefficient (Wildman–Crippen LogP) is -0.227. The summed E-state index contributed by atoms with van der Waals surface area (Å²) in [5, 5.41) is 5.90. The Morgan fingerprint density at radius 3 is 2.47 bits per heavy atom. The van der Waals surface area contributed by atoms with Gasteiger partial charge in [0, 0.05) is 39.0 Å². The number of nitrogens with zero attached hydrogens (tertiary/aromatic N) is 1. The molecule has 2 amide bonds. The molecule has 0 bridgehead atoms. The van der Waals surface area contributed by atoms with Gasteiger partial charge in [-0.2, -0.15) is 0 Å². The van der Waals surface area contributed by atoms with Crippen LogP contribution in [-0.4, -0.2) is 62.7 Å². The van der Waals surface area contributed by atoms with Crippen LogP contribution >= 0.6 is 12.4 Å². The zero-order valence-electron chi connectivity index (χ0n) is 11.4. The summed E-state index contributed by atoms with van der Waals surface area (Å²) in [7, 11) is 0. The molecule has 0 saturated carbocycles. The molecule has 0 atom stereocenters. The average Bonchev–Trinajstić information content (AvgIpc) is 2.42. The third-order valence-corrected chi connectivity index (χ3v) is 2.80. The van der Waals surface area contributed by atoms with E-state index in [1.54, 1.807) is 4.90 Å². The number of morpholine rings is 1. The zero-order chi connectivity index (χ0) is 13.2. The van der Waals surface area contributed by atoms with Gasteiger partial charge in [0.05, 0.1) is 13.2 Å². The fourth-order valence-corrected chi connectivity index (χ4v) is 1.75. The second-order valence-corrected chi connectivity index (χ2v) is 4.20. The van der Waals surface area contributed by atoms with Crippen LogP contribution in [0.2, 0.25) is 0 Å². The first-order valence-corrected chi connectivity index (χ1v) is 6.57. The monoisotopic (exact) mass is 293 g/mol. The lowest BCUT2D eigenvalue weighted by Gasteiger charge is -2.26. The van der Waals surface area contributed by atoms with Crippen LogP contribution < -0.4 is 10.6 Å². The summed E-state index contributed by atoms with van der Waals surface area (Å²) < 4.78 is 5.17. The van der Waals surface area contributed by atoms with E-state index < -0.39 is 0 Å². The Kier molecular flexibility index (Phi) is 10.5. The average molecular weight is 294 g/mol. The van der Waals surface area contributed by atoms with Crippen molar-refractivity contribution >= 4 is 24.2 Å². The van der Waals surface area contributed by atoms with E-state index in [1.807, 2.05) is 6.92 Å². The van der Waals surface area contributed by atoms with Crippen molar-refractivity contribution in [2.45, 2.75) is 19.8 Å². The molecule has 0 spiro atoms. The van der Waals surface area contributed by atoms with Crippen molar-refractivity contribution in [3.05, 3.63) is 0 Å². The molecule has 6 nitrogen and oxygen atoms in total. The van der Waals surface area contributed by atoms with Crippen LogP contribution in [0, 0.1) is 0 Å². The molecule has 7 heteroatoms. The zero-order valence-corrected chi connectivity index (χ0v) is 12.3. The Balaban J connectivity index is 0.00000324. The summed E-state index contributed by atoms with van der Waals surface area (Å²) in [5.74, 6) is -0.0188. The molecule has 0 aromatic rings. The third-order valence-electron chi connectivity index (χ3n) is 2.80. The summed E-state index contributed by atoms with van der Waals surface area (Å²) in [6.45, 7) is 6.76. The van der Waals surface area contributed by atoms with E-state index in [-0.39, 0.29) is 37.1 Å². The summed E-state index contributed by atoms with van der Waals surface area (Å²) in [4.78, 5) is 25.0. The normalized spacial score (nSPS) is 14.7. The smallest absolute Gasteiger partial charge is 0.223 e. The molecule has 0 aromatic carbocycles. The van der Waals surface area contributed by atoms with E-state index in [0.29, 0.717) is 32.8 Å². The van der Waals surface area contributed by atoms with Crippen molar-refractivity contribution in [2.24, 2.45) is 0 Å². The van der Waals surface area contributed by atoms with Crippen LogP contribution in [0.4, 0.5) is 0 Å². The minimum absolute atomic E-state index is 0. The Bertz CT molecular complexity index is 271. The van der Waals surface area contributed by atoms with E-state index >= 15 is 0 Å². The summed E-state index contributed by atoms with van der Waals surface area (Å²) in [6.07, 6.45) is 0.551. The number of hydrogen-bond acceptors (Lipinski definition) is 4. The highest BCUT2D eigenvalue weighted by molar-refractivity contribution is 5.85. The topological polar surface area (TPSA) is 70.7 Å². The van der Waals surface area contributed by atoms with Crippen LogP contribution in [0.1, 0.15) is 19.8 Å². The van der Waals surface area contributed by atoms with Crippen LogP contribution in [0.3, 0.4) is 0 Å². The first-order valence-electron chi connectivity index (χ1n) is 6.57. The number of carbonyl (C=O) groups is 2. The van der Waals surface area contributed by atoms with Crippen LogP contribution in [0.25, 0.3) is 0 Å². The molecule has 112 valence electrons. The van der Waals surface area contributed by atoms with Crippen molar-refractivity contribution in [1.82, 2.24) is 15.5 Å². The molecule has 0 aromatic heterocycles. The quantitative estimate of drug-likeness (QED) is 0.636. The van der Waals surface area contributed by atoms with Gasteiger partial charge in [0.1, 0.15) is 0 Å². The molecular weight excluding hydrogens is 270 g/mol. The van der Waals surface area contributed by atoms with Gasteiger partial charge in [-0.3, -0.25) is 9.59 Å². The molecule has 2 N–H and O–H groups in total. The molecule has 1 aliphatic rings. The molecule has 19 heavy (non-hydrogen) atoms. The second kappa shape index (κ2) is 11.0. The van der Waals surface area contributed by atoms with Gasteiger partial charge in [-0.05, 0) is 6.54 Å². The SMILES string of the molecule is CCNCCNC(=O)CCC(=O)N1CCOCC1.Cl. The first kappa shape index (κ1) is 18.1. The van der Waals surface area contributed by atoms with E-state index in [1.165, 1.54) is 0 Å². The molecular formula is C12H24ClN3O3. The van der Waals surface area contributed by atoms with Crippen molar-refractivity contribution < 1.29 is 14.3 Å². The lowest BCUT2D eigenvalue weighted by Crippen LogP contribution is -2.41. The van der Waals surface area contributed by atoms with Gasteiger partial charge in [0.25, 0.3) is 0 Å². The molecule has 0 unspecified atom stereocenters. The Labute approximate surface area is 120 Å². The molecule has 1 rings (SSSR count). The molecule has 0 radical (unpaired) electrons. The van der Waals surface area contributed by atoms with Gasteiger partial charge in [0.15, 0.2) is 0 Å². The van der Waals surface area contributed by atoms with E-state index in [2.05, 4.69) is 10.6 Å². The number of halogens is 1. The first-order chi connectivity index (χ1) is 8.74. The summed E-state index contributed by atoms with van der Waals surface area (Å²) >= 11 is 0. The van der Waals surface area contributed by atoms with E-state index in [4.69, 9.17) is 4.74 Å². The van der Waals surface area contributed by atoms with Crippen LogP contribution in [-0.2, 0) is 14.3 Å². The minimum Gasteiger partial charge on any atom is -0.378 e. The number of carbonyl (C=O) groups excluding carboxylic acids is 2. The number of amides is 2. The highest BCUT2D eigenvalue weighted by Gasteiger charge is 2.17. The molecule has 1 aliphatic heterocycles. The van der Waals surface area contributed by atoms with Gasteiger partial charge in [-0.15, -0.1) is 12.4 Å². The van der Waals surface area contributed by atoms with E-state index in [9.17, 15) is 9.59 Å². The predicted molar refractivity (Wildman–Crippen MR) is 75.4 cm³/mol. The Morgan fingerprint density at radius 2 is 1.84 bits per heavy atom. The van der Waals surface area contributed by atoms with Gasteiger partial charge in [-0.1, -0.05) is 6.92 Å². The maximum Gasteiger partial charge on any atom is 0.223 e. The highest BCUT2D eigenvalue weighted by Crippen LogP contribution is 2.02. The highest BCUT2D eigenvalue weighted by atomic mass is 35.5. The number of likely N-dealkylation sites (N-methyl/N-ethyl adjacent to an activating group) is 1. The lowest BCUT2D eigenvalue weighted by atomic mass is 10.2. The fraction of sp³-hybridized carbons (Fsp3) is 0.833. The lowest BCUT2D eigenvalue weighted by molar-refractivity contribution is -0.137. The molecule has 1 fully saturated rings. The molecule has 1 saturated heterocycles. The number of hydrogen-bond donors (Lipinski definition) is 2. The standard InChI is InChI=1S/C12H23N3O3.ClH/c1-2-13-5-6-14-11(16)3-4-12(17)15-7-9-18-10-8-15;/h13H,2-10H2,1H3,(H,14,16);1H. The van der Waals surface area contributed by atoms with Crippen LogP contribution in [0.15, 0.2) is 0 Å². The van der Waals surface area contributed by atoms with Gasteiger partial charge >= 0.3 is 0 Å². The van der Waals surface area contributed by atoms with Crippen molar-refractivity contribution in [3.63, 3.8) is 0 Å². The largest absolute Gasteiger partial charge is 0.378 e. The fourth-order valence-electron chi connectivity index (χ4n) is 1.75. The molecule has 0 aliphatic carbocycles. The van der Waals surface area contributed by atoms with Crippen molar-refractivity contribution in [1.29, 1.82) is 0 Å². The summed E-state index contributed by atoms with van der Waals surface area (Å²) in [6, 6.07) is 0. The minimum atomic E-state index is -0.0606. The third kappa shape index (κ3) is 8.02. The Morgan fingerprint density at radius 1 is 1.16 bits per heavy atom. The van der Waals surface area contributed by atoms with Crippen LogP contribution in [0.5, 0.6) is 0 Å². The maximum atomic E-state index is 11.8. The van der Waals surface area contributed by atoms with E-state index in [0.717, 1.165) is 13.1 Å². The number of rotatable bonds is 7. The second-order valence-electron chi connectivity index (χ2n) is 4.20. The van der Waals surface area contributed by atoms with Gasteiger partial charge in [-0.25, -0.2) is 0 Å². The van der Waals surface area contributed by atoms with Crippen molar-refractivity contribution in [3.8, 4) is 0 Å². The Hall–Kier alpha value is -0.850. The molecule has 1 heterocycles. The number of ether oxygens (including phenoxy) is 1. The van der Waals surface area contributed by atoms with Gasteiger partial charge in [0.2, 0.25) is 11.8 Å². The van der Waals surface area contributed by atoms with Crippen molar-refractivity contribution in [2.75, 3.05) is 45.9 Å². The summed E-state index contributed by atoms with van der Waals surface area (Å²) in [5.41, 5.74) is 0. The van der Waals surface area contributed by atoms with Gasteiger partial charge < -0.3 is 20.3 Å². The number of nitrogens with one attached hydrogen (secondary N) is 2.